The number of benzene rings is 1. The van der Waals surface area contributed by atoms with E-state index in [1.165, 1.54) is 6.07 Å². The smallest absolute Gasteiger partial charge is 0.222 e. The number of carbonyl (C=O) groups is 1. The normalized spacial score (nSPS) is 15.2. The molecule has 0 saturated carbocycles. The minimum absolute atomic E-state index is 0.272. The number of imidazole rings is 1. The topological polar surface area (TPSA) is 74.6 Å². The Morgan fingerprint density at radius 1 is 1.27 bits per heavy atom. The Hall–Kier alpha value is -2.90. The summed E-state index contributed by atoms with van der Waals surface area (Å²) in [5, 5.41) is 6.51. The van der Waals surface area contributed by atoms with Gasteiger partial charge in [-0.05, 0) is 43.9 Å². The first-order chi connectivity index (χ1) is 14.7. The SMILES string of the molecule is CCNC(=NCc1ccc(-n2ccnc2)c(F)c1)NCCCN1CCCCCC1=O. The van der Waals surface area contributed by atoms with Gasteiger partial charge < -0.3 is 20.1 Å². The molecule has 0 unspecified atom stereocenters. The molecule has 1 amide bonds. The van der Waals surface area contributed by atoms with Crippen LogP contribution in [0.2, 0.25) is 0 Å². The zero-order chi connectivity index (χ0) is 21.2. The van der Waals surface area contributed by atoms with E-state index in [0.717, 1.165) is 57.4 Å². The maximum Gasteiger partial charge on any atom is 0.222 e. The number of rotatable bonds is 8. The van der Waals surface area contributed by atoms with Gasteiger partial charge >= 0.3 is 0 Å². The zero-order valence-corrected chi connectivity index (χ0v) is 17.6. The second kappa shape index (κ2) is 11.3. The van der Waals surface area contributed by atoms with Crippen LogP contribution in [0.1, 0.15) is 44.6 Å². The second-order valence-electron chi connectivity index (χ2n) is 7.42. The number of nitrogens with zero attached hydrogens (tertiary/aromatic N) is 4. The minimum Gasteiger partial charge on any atom is -0.357 e. The highest BCUT2D eigenvalue weighted by Crippen LogP contribution is 2.15. The van der Waals surface area contributed by atoms with Crippen LogP contribution in [0.4, 0.5) is 4.39 Å². The summed E-state index contributed by atoms with van der Waals surface area (Å²) in [6.07, 6.45) is 9.69. The van der Waals surface area contributed by atoms with E-state index in [4.69, 9.17) is 0 Å². The number of guanidine groups is 1. The molecule has 1 aliphatic rings. The lowest BCUT2D eigenvalue weighted by molar-refractivity contribution is -0.130. The lowest BCUT2D eigenvalue weighted by Crippen LogP contribution is -2.39. The third-order valence-electron chi connectivity index (χ3n) is 5.13. The number of carbonyl (C=O) groups excluding carboxylic acids is 1. The lowest BCUT2D eigenvalue weighted by atomic mass is 10.2. The predicted octanol–water partition coefficient (Wildman–Crippen LogP) is 2.86. The average Bonchev–Trinajstić information content (AvgIpc) is 3.19. The van der Waals surface area contributed by atoms with Crippen LogP contribution >= 0.6 is 0 Å². The van der Waals surface area contributed by atoms with E-state index in [0.29, 0.717) is 24.6 Å². The largest absolute Gasteiger partial charge is 0.357 e. The van der Waals surface area contributed by atoms with Crippen LogP contribution in [-0.4, -0.2) is 52.5 Å². The van der Waals surface area contributed by atoms with E-state index in [9.17, 15) is 9.18 Å². The van der Waals surface area contributed by atoms with Crippen LogP contribution in [-0.2, 0) is 11.3 Å². The fourth-order valence-corrected chi connectivity index (χ4v) is 3.52. The number of likely N-dealkylation sites (tertiary alicyclic amines) is 1. The fourth-order valence-electron chi connectivity index (χ4n) is 3.52. The van der Waals surface area contributed by atoms with Crippen molar-refractivity contribution in [3.05, 3.63) is 48.3 Å². The van der Waals surface area contributed by atoms with Crippen LogP contribution in [0.3, 0.4) is 0 Å². The summed E-state index contributed by atoms with van der Waals surface area (Å²) in [6.45, 7) is 5.49. The van der Waals surface area contributed by atoms with Gasteiger partial charge in [-0.25, -0.2) is 14.4 Å². The molecule has 1 saturated heterocycles. The van der Waals surface area contributed by atoms with Crippen molar-refractivity contribution in [3.8, 4) is 5.69 Å². The maximum absolute atomic E-state index is 14.4. The predicted molar refractivity (Wildman–Crippen MR) is 116 cm³/mol. The van der Waals surface area contributed by atoms with E-state index in [-0.39, 0.29) is 11.7 Å². The summed E-state index contributed by atoms with van der Waals surface area (Å²) < 4.78 is 16.1. The first-order valence-corrected chi connectivity index (χ1v) is 10.7. The maximum atomic E-state index is 14.4. The summed E-state index contributed by atoms with van der Waals surface area (Å²) in [5.41, 5.74) is 1.26. The highest BCUT2D eigenvalue weighted by Gasteiger charge is 2.15. The van der Waals surface area contributed by atoms with Crippen LogP contribution in [0, 0.1) is 5.82 Å². The standard InChI is InChI=1S/C22H31FN6O/c1-2-25-22(26-10-6-13-28-12-5-3-4-7-21(28)30)27-16-18-8-9-20(19(23)15-18)29-14-11-24-17-29/h8-9,11,14-15,17H,2-7,10,12-13,16H2,1H3,(H2,25,26,27). The van der Waals surface area contributed by atoms with Crippen LogP contribution in [0.5, 0.6) is 0 Å². The average molecular weight is 415 g/mol. The Labute approximate surface area is 177 Å². The molecule has 1 aromatic carbocycles. The molecular formula is C22H31FN6O. The van der Waals surface area contributed by atoms with Gasteiger partial charge in [-0.2, -0.15) is 0 Å². The summed E-state index contributed by atoms with van der Waals surface area (Å²) in [7, 11) is 0. The quantitative estimate of drug-likeness (QED) is 0.396. The summed E-state index contributed by atoms with van der Waals surface area (Å²) >= 11 is 0. The molecule has 0 bridgehead atoms. The van der Waals surface area contributed by atoms with E-state index in [2.05, 4.69) is 20.6 Å². The van der Waals surface area contributed by atoms with Crippen molar-refractivity contribution in [1.82, 2.24) is 25.1 Å². The van der Waals surface area contributed by atoms with Crippen molar-refractivity contribution >= 4 is 11.9 Å². The Balaban J connectivity index is 1.50. The third kappa shape index (κ3) is 6.30. The minimum atomic E-state index is -0.305. The molecule has 2 heterocycles. The van der Waals surface area contributed by atoms with Gasteiger partial charge in [0.2, 0.25) is 5.91 Å². The van der Waals surface area contributed by atoms with Gasteiger partial charge in [0.25, 0.3) is 0 Å². The van der Waals surface area contributed by atoms with Gasteiger partial charge in [0.15, 0.2) is 5.96 Å². The number of amides is 1. The highest BCUT2D eigenvalue weighted by atomic mass is 19.1. The summed E-state index contributed by atoms with van der Waals surface area (Å²) in [5.74, 6) is 0.661. The number of halogens is 1. The third-order valence-corrected chi connectivity index (χ3v) is 5.13. The molecular weight excluding hydrogens is 383 g/mol. The van der Waals surface area contributed by atoms with Crippen molar-refractivity contribution < 1.29 is 9.18 Å². The van der Waals surface area contributed by atoms with Crippen LogP contribution in [0.25, 0.3) is 5.69 Å². The number of nitrogens with one attached hydrogen (secondary N) is 2. The van der Waals surface area contributed by atoms with Crippen molar-refractivity contribution in [1.29, 1.82) is 0 Å². The Kier molecular flexibility index (Phi) is 8.23. The van der Waals surface area contributed by atoms with Gasteiger partial charge in [-0.3, -0.25) is 4.79 Å². The van der Waals surface area contributed by atoms with Crippen LogP contribution < -0.4 is 10.6 Å². The summed E-state index contributed by atoms with van der Waals surface area (Å²) in [4.78, 5) is 22.6. The van der Waals surface area contributed by atoms with E-state index in [1.54, 1.807) is 29.4 Å². The number of aliphatic imine (C=N–C) groups is 1. The van der Waals surface area contributed by atoms with Gasteiger partial charge in [0.05, 0.1) is 18.6 Å². The van der Waals surface area contributed by atoms with E-state index < -0.39 is 0 Å². The zero-order valence-electron chi connectivity index (χ0n) is 17.6. The van der Waals surface area contributed by atoms with E-state index in [1.807, 2.05) is 17.9 Å². The van der Waals surface area contributed by atoms with Gasteiger partial charge in [0.1, 0.15) is 5.82 Å². The molecule has 0 aliphatic carbocycles. The molecule has 7 nitrogen and oxygen atoms in total. The molecule has 1 aliphatic heterocycles. The van der Waals surface area contributed by atoms with Gasteiger partial charge in [-0.15, -0.1) is 0 Å². The molecule has 1 fully saturated rings. The second-order valence-corrected chi connectivity index (χ2v) is 7.42. The highest BCUT2D eigenvalue weighted by molar-refractivity contribution is 5.79. The monoisotopic (exact) mass is 414 g/mol. The van der Waals surface area contributed by atoms with Crippen molar-refractivity contribution in [2.45, 2.75) is 45.6 Å². The molecule has 0 spiro atoms. The van der Waals surface area contributed by atoms with Gasteiger partial charge in [0, 0.05) is 45.0 Å². The van der Waals surface area contributed by atoms with Crippen molar-refractivity contribution in [2.24, 2.45) is 4.99 Å². The number of hydrogen-bond donors (Lipinski definition) is 2. The lowest BCUT2D eigenvalue weighted by Gasteiger charge is -2.20. The molecule has 3 rings (SSSR count). The molecule has 0 atom stereocenters. The number of hydrogen-bond acceptors (Lipinski definition) is 3. The first-order valence-electron chi connectivity index (χ1n) is 10.7. The fraction of sp³-hybridized carbons (Fsp3) is 0.500. The molecule has 30 heavy (non-hydrogen) atoms. The molecule has 1 aromatic heterocycles. The molecule has 2 aromatic rings. The summed E-state index contributed by atoms with van der Waals surface area (Å²) in [6, 6.07) is 5.12. The van der Waals surface area contributed by atoms with Gasteiger partial charge in [-0.1, -0.05) is 12.5 Å². The Bertz CT molecular complexity index is 836. The molecule has 0 radical (unpaired) electrons. The Morgan fingerprint density at radius 3 is 2.93 bits per heavy atom. The van der Waals surface area contributed by atoms with Crippen LogP contribution in [0.15, 0.2) is 41.9 Å². The molecule has 2 N–H and O–H groups in total. The Morgan fingerprint density at radius 2 is 2.17 bits per heavy atom. The number of aromatic nitrogens is 2. The van der Waals surface area contributed by atoms with E-state index >= 15 is 0 Å². The molecule has 8 heteroatoms. The first kappa shape index (κ1) is 21.8. The van der Waals surface area contributed by atoms with Crippen molar-refractivity contribution in [3.63, 3.8) is 0 Å². The van der Waals surface area contributed by atoms with Crippen molar-refractivity contribution in [2.75, 3.05) is 26.2 Å². The molecule has 162 valence electrons.